The fourth-order valence-corrected chi connectivity index (χ4v) is 2.90. The number of carbonyl (C=O) groups is 1. The van der Waals surface area contributed by atoms with Gasteiger partial charge in [-0.05, 0) is 54.8 Å². The van der Waals surface area contributed by atoms with Gasteiger partial charge in [-0.1, -0.05) is 24.2 Å². The highest BCUT2D eigenvalue weighted by Gasteiger charge is 2.30. The van der Waals surface area contributed by atoms with Crippen molar-refractivity contribution < 1.29 is 9.53 Å². The van der Waals surface area contributed by atoms with Crippen LogP contribution in [0.4, 0.5) is 0 Å². The van der Waals surface area contributed by atoms with Crippen molar-refractivity contribution in [1.29, 1.82) is 0 Å². The summed E-state index contributed by atoms with van der Waals surface area (Å²) >= 11 is 5.90. The molecule has 118 valence electrons. The van der Waals surface area contributed by atoms with Gasteiger partial charge in [0.2, 0.25) is 5.91 Å². The van der Waals surface area contributed by atoms with Crippen LogP contribution in [0.5, 0.6) is 5.75 Å². The Balaban J connectivity index is 1.83. The van der Waals surface area contributed by atoms with Gasteiger partial charge >= 0.3 is 0 Å². The Kier molecular flexibility index (Phi) is 4.63. The first-order chi connectivity index (χ1) is 11.2. The van der Waals surface area contributed by atoms with Gasteiger partial charge in [0.25, 0.3) is 0 Å². The third-order valence-corrected chi connectivity index (χ3v) is 4.12. The van der Waals surface area contributed by atoms with E-state index in [1.54, 1.807) is 18.3 Å². The predicted octanol–water partition coefficient (Wildman–Crippen LogP) is 3.99. The smallest absolute Gasteiger partial charge is 0.243 e. The Hall–Kier alpha value is -2.33. The number of nitrogens with one attached hydrogen (secondary N) is 1. The number of aromatic nitrogens is 1. The Morgan fingerprint density at radius 1 is 1.30 bits per heavy atom. The van der Waals surface area contributed by atoms with Gasteiger partial charge in [-0.25, -0.2) is 0 Å². The normalized spacial score (nSPS) is 19.5. The van der Waals surface area contributed by atoms with E-state index in [-0.39, 0.29) is 18.1 Å². The number of rotatable bonds is 4. The predicted molar refractivity (Wildman–Crippen MR) is 89.4 cm³/mol. The summed E-state index contributed by atoms with van der Waals surface area (Å²) in [5.74, 6) is 0.575. The van der Waals surface area contributed by atoms with Crippen molar-refractivity contribution >= 4 is 17.5 Å². The van der Waals surface area contributed by atoms with Gasteiger partial charge in [0.1, 0.15) is 11.9 Å². The summed E-state index contributed by atoms with van der Waals surface area (Å²) in [5, 5.41) is 3.62. The van der Waals surface area contributed by atoms with Crippen LogP contribution >= 0.6 is 11.6 Å². The number of ether oxygens (including phenoxy) is 1. The number of fused-ring (bicyclic) bond motifs is 1. The van der Waals surface area contributed by atoms with Gasteiger partial charge in [0, 0.05) is 11.2 Å². The highest BCUT2D eigenvalue weighted by molar-refractivity contribution is 6.30. The molecule has 1 aliphatic carbocycles. The summed E-state index contributed by atoms with van der Waals surface area (Å²) in [6, 6.07) is 11.1. The molecule has 1 aromatic carbocycles. The van der Waals surface area contributed by atoms with Crippen LogP contribution in [0.25, 0.3) is 0 Å². The molecule has 0 radical (unpaired) electrons. The third kappa shape index (κ3) is 3.54. The minimum Gasteiger partial charge on any atom is -0.484 e. The van der Waals surface area contributed by atoms with Crippen LogP contribution < -0.4 is 10.1 Å². The highest BCUT2D eigenvalue weighted by Crippen LogP contribution is 2.37. The van der Waals surface area contributed by atoms with Crippen LogP contribution in [0, 0.1) is 0 Å². The van der Waals surface area contributed by atoms with Crippen LogP contribution in [0.15, 0.2) is 55.3 Å². The number of halogens is 1. The van der Waals surface area contributed by atoms with Crippen molar-refractivity contribution in [2.45, 2.75) is 25.0 Å². The number of hydrogen-bond donors (Lipinski definition) is 1. The molecule has 0 bridgehead atoms. The van der Waals surface area contributed by atoms with E-state index in [0.29, 0.717) is 5.02 Å². The van der Waals surface area contributed by atoms with Gasteiger partial charge in [0.15, 0.2) is 0 Å². The van der Waals surface area contributed by atoms with Gasteiger partial charge in [-0.2, -0.15) is 0 Å². The Morgan fingerprint density at radius 3 is 2.83 bits per heavy atom. The lowest BCUT2D eigenvalue weighted by molar-refractivity contribution is -0.117. The largest absolute Gasteiger partial charge is 0.484 e. The van der Waals surface area contributed by atoms with E-state index in [1.165, 1.54) is 6.08 Å². The molecule has 1 amide bonds. The maximum absolute atomic E-state index is 11.6. The molecule has 0 fully saturated rings. The van der Waals surface area contributed by atoms with Crippen LogP contribution in [-0.2, 0) is 4.79 Å². The van der Waals surface area contributed by atoms with Crippen molar-refractivity contribution in [3.8, 4) is 5.75 Å². The third-order valence-electron chi connectivity index (χ3n) is 3.86. The fourth-order valence-electron chi connectivity index (χ4n) is 2.78. The van der Waals surface area contributed by atoms with Crippen molar-refractivity contribution in [3.05, 3.63) is 71.5 Å². The lowest BCUT2D eigenvalue weighted by Crippen LogP contribution is -2.32. The van der Waals surface area contributed by atoms with Crippen molar-refractivity contribution in [2.75, 3.05) is 0 Å². The van der Waals surface area contributed by atoms with Crippen LogP contribution in [0.1, 0.15) is 36.2 Å². The van der Waals surface area contributed by atoms with Gasteiger partial charge < -0.3 is 10.1 Å². The van der Waals surface area contributed by atoms with Gasteiger partial charge in [-0.15, -0.1) is 0 Å². The average molecular weight is 329 g/mol. The molecular formula is C18H17ClN2O2. The van der Waals surface area contributed by atoms with E-state index in [0.717, 1.165) is 29.8 Å². The molecule has 5 heteroatoms. The molecular weight excluding hydrogens is 312 g/mol. The van der Waals surface area contributed by atoms with E-state index in [1.807, 2.05) is 24.3 Å². The first-order valence-corrected chi connectivity index (χ1v) is 7.85. The summed E-state index contributed by atoms with van der Waals surface area (Å²) in [6.07, 6.45) is 4.45. The average Bonchev–Trinajstić information content (AvgIpc) is 2.59. The van der Waals surface area contributed by atoms with E-state index in [4.69, 9.17) is 16.3 Å². The Labute approximate surface area is 140 Å². The lowest BCUT2D eigenvalue weighted by atomic mass is 9.89. The monoisotopic (exact) mass is 328 g/mol. The van der Waals surface area contributed by atoms with Gasteiger partial charge in [-0.3, -0.25) is 9.78 Å². The number of hydrogen-bond acceptors (Lipinski definition) is 3. The zero-order valence-electron chi connectivity index (χ0n) is 12.5. The zero-order valence-corrected chi connectivity index (χ0v) is 13.3. The molecule has 23 heavy (non-hydrogen) atoms. The van der Waals surface area contributed by atoms with E-state index in [9.17, 15) is 4.79 Å². The quantitative estimate of drug-likeness (QED) is 0.863. The minimum atomic E-state index is -0.179. The molecule has 1 heterocycles. The van der Waals surface area contributed by atoms with Crippen LogP contribution in [0.3, 0.4) is 0 Å². The molecule has 2 atom stereocenters. The molecule has 0 saturated carbocycles. The molecule has 1 aromatic heterocycles. The summed E-state index contributed by atoms with van der Waals surface area (Å²) in [4.78, 5) is 16.1. The van der Waals surface area contributed by atoms with Gasteiger partial charge in [0.05, 0.1) is 11.7 Å². The molecule has 0 aliphatic heterocycles. The van der Waals surface area contributed by atoms with E-state index >= 15 is 0 Å². The van der Waals surface area contributed by atoms with Crippen molar-refractivity contribution in [3.63, 3.8) is 0 Å². The van der Waals surface area contributed by atoms with Crippen LogP contribution in [-0.4, -0.2) is 10.9 Å². The molecule has 1 aliphatic rings. The summed E-state index contributed by atoms with van der Waals surface area (Å²) in [5.41, 5.74) is 1.86. The molecule has 3 rings (SSSR count). The maximum Gasteiger partial charge on any atom is 0.243 e. The molecule has 2 unspecified atom stereocenters. The SMILES string of the molecule is C=CC(=O)NC1CCC(Oc2ccc(Cl)cc2)c2ncccc21. The maximum atomic E-state index is 11.6. The number of carbonyl (C=O) groups excluding carboxylic acids is 1. The Bertz CT molecular complexity index is 715. The fraction of sp³-hybridized carbons (Fsp3) is 0.222. The number of amides is 1. The molecule has 2 aromatic rings. The summed E-state index contributed by atoms with van der Waals surface area (Å²) in [7, 11) is 0. The van der Waals surface area contributed by atoms with E-state index < -0.39 is 0 Å². The number of pyridine rings is 1. The Morgan fingerprint density at radius 2 is 2.09 bits per heavy atom. The molecule has 0 saturated heterocycles. The first kappa shape index (κ1) is 15.6. The lowest BCUT2D eigenvalue weighted by Gasteiger charge is -2.31. The topological polar surface area (TPSA) is 51.2 Å². The van der Waals surface area contributed by atoms with Crippen molar-refractivity contribution in [1.82, 2.24) is 10.3 Å². The highest BCUT2D eigenvalue weighted by atomic mass is 35.5. The zero-order chi connectivity index (χ0) is 16.2. The first-order valence-electron chi connectivity index (χ1n) is 7.47. The second kappa shape index (κ2) is 6.84. The molecule has 0 spiro atoms. The van der Waals surface area contributed by atoms with Crippen molar-refractivity contribution in [2.24, 2.45) is 0 Å². The van der Waals surface area contributed by atoms with Crippen LogP contribution in [0.2, 0.25) is 5.02 Å². The number of benzene rings is 1. The number of nitrogens with zero attached hydrogens (tertiary/aromatic N) is 1. The summed E-state index contributed by atoms with van der Waals surface area (Å²) in [6.45, 7) is 3.50. The van der Waals surface area contributed by atoms with E-state index in [2.05, 4.69) is 16.9 Å². The second-order valence-electron chi connectivity index (χ2n) is 5.38. The second-order valence-corrected chi connectivity index (χ2v) is 5.82. The molecule has 4 nitrogen and oxygen atoms in total. The minimum absolute atomic E-state index is 0.0609. The summed E-state index contributed by atoms with van der Waals surface area (Å²) < 4.78 is 6.06. The standard InChI is InChI=1S/C18H17ClN2O2/c1-2-17(22)21-15-9-10-16(18-14(15)4-3-11-20-18)23-13-7-5-12(19)6-8-13/h2-8,11,15-16H,1,9-10H2,(H,21,22). The molecule has 1 N–H and O–H groups in total.